The Labute approximate surface area is 159 Å². The fourth-order valence-electron chi connectivity index (χ4n) is 3.35. The number of nitrogens with one attached hydrogen (secondary N) is 1. The molecule has 0 saturated heterocycles. The minimum Gasteiger partial charge on any atom is -0.478 e. The summed E-state index contributed by atoms with van der Waals surface area (Å²) in [6.07, 6.45) is 0.951. The molecule has 7 heteroatoms. The summed E-state index contributed by atoms with van der Waals surface area (Å²) >= 11 is 0. The Balaban J connectivity index is 1.69. The number of fused-ring (bicyclic) bond motifs is 1. The third-order valence-electron chi connectivity index (χ3n) is 5.08. The van der Waals surface area contributed by atoms with Gasteiger partial charge in [0.05, 0.1) is 10.5 Å². The number of benzene rings is 2. The Hall–Kier alpha value is -2.22. The van der Waals surface area contributed by atoms with Crippen molar-refractivity contribution in [2.24, 2.45) is 0 Å². The van der Waals surface area contributed by atoms with E-state index in [-0.39, 0.29) is 23.0 Å². The van der Waals surface area contributed by atoms with Gasteiger partial charge in [-0.05, 0) is 49.1 Å². The molecule has 27 heavy (non-hydrogen) atoms. The average molecular weight is 388 g/mol. The number of hydrogen-bond acceptors (Lipinski definition) is 4. The van der Waals surface area contributed by atoms with Crippen LogP contribution in [0.4, 0.5) is 0 Å². The van der Waals surface area contributed by atoms with E-state index in [9.17, 15) is 13.2 Å². The fourth-order valence-corrected chi connectivity index (χ4v) is 4.74. The van der Waals surface area contributed by atoms with Crippen LogP contribution in [-0.4, -0.2) is 43.5 Å². The van der Waals surface area contributed by atoms with Crippen LogP contribution in [0, 0.1) is 6.92 Å². The molecule has 0 spiro atoms. The van der Waals surface area contributed by atoms with Crippen molar-refractivity contribution in [1.82, 2.24) is 9.62 Å². The minimum absolute atomic E-state index is 0.0126. The van der Waals surface area contributed by atoms with Crippen LogP contribution in [0.1, 0.15) is 34.0 Å². The lowest BCUT2D eigenvalue weighted by Crippen LogP contribution is -2.44. The van der Waals surface area contributed by atoms with Gasteiger partial charge in [-0.25, -0.2) is 17.9 Å². The van der Waals surface area contributed by atoms with Crippen molar-refractivity contribution < 1.29 is 18.3 Å². The molecule has 6 nitrogen and oxygen atoms in total. The molecule has 1 atom stereocenters. The second kappa shape index (κ2) is 7.80. The molecule has 0 amide bonds. The van der Waals surface area contributed by atoms with Gasteiger partial charge in [0.15, 0.2) is 0 Å². The molecule has 1 heterocycles. The molecule has 0 bridgehead atoms. The number of hydrogen-bond donors (Lipinski definition) is 2. The molecule has 3 rings (SSSR count). The van der Waals surface area contributed by atoms with Crippen LogP contribution in [0.25, 0.3) is 0 Å². The first-order chi connectivity index (χ1) is 12.8. The number of aryl methyl sites for hydroxylation is 1. The van der Waals surface area contributed by atoms with Crippen LogP contribution in [0.3, 0.4) is 0 Å². The summed E-state index contributed by atoms with van der Waals surface area (Å²) < 4.78 is 28.0. The molecule has 0 unspecified atom stereocenters. The molecule has 0 aromatic heterocycles. The van der Waals surface area contributed by atoms with Gasteiger partial charge in [0.25, 0.3) is 0 Å². The highest BCUT2D eigenvalue weighted by Gasteiger charge is 2.24. The predicted molar refractivity (Wildman–Crippen MR) is 103 cm³/mol. The van der Waals surface area contributed by atoms with Crippen molar-refractivity contribution in [3.8, 4) is 0 Å². The number of sulfonamides is 1. The number of carbonyl (C=O) groups is 1. The van der Waals surface area contributed by atoms with Crippen LogP contribution in [0.15, 0.2) is 47.4 Å². The highest BCUT2D eigenvalue weighted by molar-refractivity contribution is 7.89. The average Bonchev–Trinajstić information content (AvgIpc) is 2.65. The summed E-state index contributed by atoms with van der Waals surface area (Å²) in [5, 5.41) is 9.11. The van der Waals surface area contributed by atoms with E-state index in [1.54, 1.807) is 6.92 Å². The molecule has 0 fully saturated rings. The van der Waals surface area contributed by atoms with Crippen molar-refractivity contribution in [3.63, 3.8) is 0 Å². The lowest BCUT2D eigenvalue weighted by Gasteiger charge is -2.33. The summed E-state index contributed by atoms with van der Waals surface area (Å²) in [5.41, 5.74) is 3.11. The van der Waals surface area contributed by atoms with Crippen LogP contribution in [0.2, 0.25) is 0 Å². The van der Waals surface area contributed by atoms with Gasteiger partial charge in [0.1, 0.15) is 0 Å². The van der Waals surface area contributed by atoms with Gasteiger partial charge in [-0.15, -0.1) is 0 Å². The summed E-state index contributed by atoms with van der Waals surface area (Å²) in [5.74, 6) is -1.15. The Kier molecular flexibility index (Phi) is 5.64. The maximum atomic E-state index is 12.7. The van der Waals surface area contributed by atoms with Crippen molar-refractivity contribution in [3.05, 3.63) is 64.7 Å². The molecule has 0 radical (unpaired) electrons. The number of rotatable bonds is 6. The van der Waals surface area contributed by atoms with Gasteiger partial charge < -0.3 is 5.11 Å². The van der Waals surface area contributed by atoms with Crippen molar-refractivity contribution in [2.45, 2.75) is 37.8 Å². The smallest absolute Gasteiger partial charge is 0.335 e. The highest BCUT2D eigenvalue weighted by atomic mass is 32.2. The van der Waals surface area contributed by atoms with Gasteiger partial charge in [0.2, 0.25) is 10.0 Å². The Morgan fingerprint density at radius 3 is 2.63 bits per heavy atom. The van der Waals surface area contributed by atoms with E-state index < -0.39 is 16.0 Å². The van der Waals surface area contributed by atoms with E-state index in [1.807, 2.05) is 19.1 Å². The number of carboxylic acids is 1. The van der Waals surface area contributed by atoms with Gasteiger partial charge in [-0.1, -0.05) is 30.3 Å². The third kappa shape index (κ3) is 4.37. The normalized spacial score (nSPS) is 15.9. The molecule has 1 aliphatic rings. The standard InChI is InChI=1S/C20H24N2O4S/c1-14-7-8-17(20(23)24)11-19(14)27(25,26)21-12-15(2)22-10-9-16-5-3-4-6-18(16)13-22/h3-8,11,15,21H,9-10,12-13H2,1-2H3,(H,23,24)/t15-/m1/s1. The predicted octanol–water partition coefficient (Wildman–Crippen LogP) is 2.42. The first-order valence-corrected chi connectivity index (χ1v) is 10.4. The zero-order chi connectivity index (χ0) is 19.6. The van der Waals surface area contributed by atoms with E-state index in [0.717, 1.165) is 19.5 Å². The molecular formula is C20H24N2O4S. The van der Waals surface area contributed by atoms with Gasteiger partial charge in [0, 0.05) is 25.7 Å². The van der Waals surface area contributed by atoms with E-state index in [0.29, 0.717) is 5.56 Å². The van der Waals surface area contributed by atoms with E-state index >= 15 is 0 Å². The summed E-state index contributed by atoms with van der Waals surface area (Å²) in [7, 11) is -3.78. The quantitative estimate of drug-likeness (QED) is 0.794. The lowest BCUT2D eigenvalue weighted by molar-refractivity contribution is 0.0696. The van der Waals surface area contributed by atoms with E-state index in [4.69, 9.17) is 5.11 Å². The lowest BCUT2D eigenvalue weighted by atomic mass is 9.99. The second-order valence-corrected chi connectivity index (χ2v) is 8.71. The second-order valence-electron chi connectivity index (χ2n) is 6.98. The molecule has 1 aliphatic heterocycles. The molecule has 2 N–H and O–H groups in total. The largest absolute Gasteiger partial charge is 0.478 e. The summed E-state index contributed by atoms with van der Waals surface area (Å²) in [4.78, 5) is 13.4. The van der Waals surface area contributed by atoms with Crippen molar-refractivity contribution in [2.75, 3.05) is 13.1 Å². The highest BCUT2D eigenvalue weighted by Crippen LogP contribution is 2.21. The summed E-state index contributed by atoms with van der Waals surface area (Å²) in [6, 6.07) is 12.5. The first-order valence-electron chi connectivity index (χ1n) is 8.92. The number of nitrogens with zero attached hydrogens (tertiary/aromatic N) is 1. The molecule has 0 aliphatic carbocycles. The fraction of sp³-hybridized carbons (Fsp3) is 0.350. The Morgan fingerprint density at radius 1 is 1.22 bits per heavy atom. The topological polar surface area (TPSA) is 86.7 Å². The Bertz CT molecular complexity index is 956. The van der Waals surface area contributed by atoms with Crippen molar-refractivity contribution in [1.29, 1.82) is 0 Å². The van der Waals surface area contributed by atoms with E-state index in [2.05, 4.69) is 21.8 Å². The molecule has 2 aromatic carbocycles. The monoisotopic (exact) mass is 388 g/mol. The van der Waals surface area contributed by atoms with Crippen LogP contribution in [-0.2, 0) is 23.0 Å². The maximum absolute atomic E-state index is 12.7. The summed E-state index contributed by atoms with van der Waals surface area (Å²) in [6.45, 7) is 5.60. The molecular weight excluding hydrogens is 364 g/mol. The van der Waals surface area contributed by atoms with Gasteiger partial charge in [-0.3, -0.25) is 4.90 Å². The molecule has 2 aromatic rings. The van der Waals surface area contributed by atoms with Gasteiger partial charge >= 0.3 is 5.97 Å². The molecule has 0 saturated carbocycles. The SMILES string of the molecule is Cc1ccc(C(=O)O)cc1S(=O)(=O)NC[C@@H](C)N1CCc2ccccc2C1. The van der Waals surface area contributed by atoms with E-state index in [1.165, 1.54) is 29.3 Å². The van der Waals surface area contributed by atoms with Crippen LogP contribution >= 0.6 is 0 Å². The maximum Gasteiger partial charge on any atom is 0.335 e. The minimum atomic E-state index is -3.78. The van der Waals surface area contributed by atoms with Crippen LogP contribution < -0.4 is 4.72 Å². The molecule has 144 valence electrons. The zero-order valence-corrected chi connectivity index (χ0v) is 16.3. The zero-order valence-electron chi connectivity index (χ0n) is 15.5. The van der Waals surface area contributed by atoms with Crippen molar-refractivity contribution >= 4 is 16.0 Å². The van der Waals surface area contributed by atoms with Gasteiger partial charge in [-0.2, -0.15) is 0 Å². The van der Waals surface area contributed by atoms with Crippen LogP contribution in [0.5, 0.6) is 0 Å². The third-order valence-corrected chi connectivity index (χ3v) is 6.64. The first kappa shape index (κ1) is 19.5. The number of aromatic carboxylic acids is 1. The number of carboxylic acid groups (broad SMARTS) is 1. The Morgan fingerprint density at radius 2 is 1.93 bits per heavy atom.